The molecule has 8 nitrogen and oxygen atoms in total. The topological polar surface area (TPSA) is 110 Å². The number of nitrogens with zero attached hydrogens (tertiary/aromatic N) is 2. The van der Waals surface area contributed by atoms with Gasteiger partial charge in [0.1, 0.15) is 0 Å². The van der Waals surface area contributed by atoms with Crippen LogP contribution in [0.15, 0.2) is 35.6 Å². The van der Waals surface area contributed by atoms with Crippen molar-refractivity contribution in [3.63, 3.8) is 0 Å². The van der Waals surface area contributed by atoms with Crippen molar-refractivity contribution < 1.29 is 24.4 Å². The summed E-state index contributed by atoms with van der Waals surface area (Å²) < 4.78 is 4.95. The minimum atomic E-state index is -0.782. The summed E-state index contributed by atoms with van der Waals surface area (Å²) in [6.07, 6.45) is 0. The molecule has 1 amide bonds. The molecule has 1 aliphatic heterocycles. The maximum absolute atomic E-state index is 12.2. The molecule has 0 fully saturated rings. The molecule has 1 aliphatic rings. The first kappa shape index (κ1) is 16.6. The van der Waals surface area contributed by atoms with E-state index in [-0.39, 0.29) is 24.4 Å². The van der Waals surface area contributed by atoms with Gasteiger partial charge in [0.05, 0.1) is 23.1 Å². The number of aliphatic hydroxyl groups is 1. The minimum Gasteiger partial charge on any atom is -0.503 e. The summed E-state index contributed by atoms with van der Waals surface area (Å²) in [7, 11) is 1.47. The van der Waals surface area contributed by atoms with Gasteiger partial charge in [0.15, 0.2) is 11.5 Å². The molecule has 0 saturated heterocycles. The molecular formula is C15H16N2O6. The number of benzene rings is 1. The predicted molar refractivity (Wildman–Crippen MR) is 79.8 cm³/mol. The number of nitro benzene ring substituents is 1. The van der Waals surface area contributed by atoms with Gasteiger partial charge in [-0.3, -0.25) is 19.7 Å². The molecule has 1 atom stereocenters. The SMILES string of the molecule is COCCN1C(=O)C(O)=C(C(C)=O)[C@@H]1c1ccc([N+](=O)[O-])cc1. The van der Waals surface area contributed by atoms with Gasteiger partial charge in [-0.15, -0.1) is 0 Å². The van der Waals surface area contributed by atoms with E-state index in [2.05, 4.69) is 0 Å². The second kappa shape index (κ2) is 6.57. The maximum atomic E-state index is 12.2. The fraction of sp³-hybridized carbons (Fsp3) is 0.333. The van der Waals surface area contributed by atoms with Crippen molar-refractivity contribution in [1.82, 2.24) is 4.90 Å². The highest BCUT2D eigenvalue weighted by Crippen LogP contribution is 2.37. The number of carbonyl (C=O) groups excluding carboxylic acids is 2. The van der Waals surface area contributed by atoms with Gasteiger partial charge in [-0.05, 0) is 24.6 Å². The summed E-state index contributed by atoms with van der Waals surface area (Å²) in [6.45, 7) is 1.67. The Morgan fingerprint density at radius 3 is 2.48 bits per heavy atom. The number of carbonyl (C=O) groups is 2. The van der Waals surface area contributed by atoms with Crippen molar-refractivity contribution in [1.29, 1.82) is 0 Å². The van der Waals surface area contributed by atoms with Crippen LogP contribution in [0, 0.1) is 10.1 Å². The van der Waals surface area contributed by atoms with Gasteiger partial charge in [0.2, 0.25) is 0 Å². The minimum absolute atomic E-state index is 0.0139. The van der Waals surface area contributed by atoms with E-state index in [0.29, 0.717) is 5.56 Å². The largest absolute Gasteiger partial charge is 0.503 e. The maximum Gasteiger partial charge on any atom is 0.290 e. The lowest BCUT2D eigenvalue weighted by Crippen LogP contribution is -2.33. The Kier molecular flexibility index (Phi) is 4.75. The lowest BCUT2D eigenvalue weighted by atomic mass is 9.96. The molecule has 1 aromatic carbocycles. The number of ether oxygens (including phenoxy) is 1. The lowest BCUT2D eigenvalue weighted by molar-refractivity contribution is -0.384. The molecule has 0 spiro atoms. The third-order valence-electron chi connectivity index (χ3n) is 3.64. The van der Waals surface area contributed by atoms with Crippen LogP contribution in [0.25, 0.3) is 0 Å². The molecule has 0 aromatic heterocycles. The van der Waals surface area contributed by atoms with E-state index in [9.17, 15) is 24.8 Å². The first-order valence-corrected chi connectivity index (χ1v) is 6.86. The summed E-state index contributed by atoms with van der Waals surface area (Å²) in [5.74, 6) is -1.67. The molecule has 1 aromatic rings. The average Bonchev–Trinajstić information content (AvgIpc) is 2.77. The number of aliphatic hydroxyl groups excluding tert-OH is 1. The van der Waals surface area contributed by atoms with Crippen LogP contribution >= 0.6 is 0 Å². The van der Waals surface area contributed by atoms with Crippen molar-refractivity contribution in [2.24, 2.45) is 0 Å². The number of hydrogen-bond acceptors (Lipinski definition) is 6. The summed E-state index contributed by atoms with van der Waals surface area (Å²) in [6, 6.07) is 4.74. The molecule has 0 aliphatic carbocycles. The van der Waals surface area contributed by atoms with Crippen LogP contribution in [-0.4, -0.2) is 46.9 Å². The Balaban J connectivity index is 2.45. The van der Waals surface area contributed by atoms with Crippen LogP contribution in [0.3, 0.4) is 0 Å². The summed E-state index contributed by atoms with van der Waals surface area (Å²) in [4.78, 5) is 35.5. The Bertz CT molecular complexity index is 680. The molecule has 8 heteroatoms. The van der Waals surface area contributed by atoms with Gasteiger partial charge < -0.3 is 14.7 Å². The second-order valence-electron chi connectivity index (χ2n) is 5.06. The standard InChI is InChI=1S/C15H16N2O6/c1-9(18)12-13(10-3-5-11(6-4-10)17(21)22)16(7-8-23-2)15(20)14(12)19/h3-6,13,19H,7-8H2,1-2H3/t13-/m0/s1. The van der Waals surface area contributed by atoms with Gasteiger partial charge in [-0.2, -0.15) is 0 Å². The third kappa shape index (κ3) is 3.07. The summed E-state index contributed by atoms with van der Waals surface area (Å²) in [5.41, 5.74) is 0.397. The van der Waals surface area contributed by atoms with Crippen LogP contribution < -0.4 is 0 Å². The molecule has 1 heterocycles. The lowest BCUT2D eigenvalue weighted by Gasteiger charge is -2.26. The number of methoxy groups -OCH3 is 1. The van der Waals surface area contributed by atoms with E-state index in [0.717, 1.165) is 0 Å². The van der Waals surface area contributed by atoms with Crippen LogP contribution in [0.4, 0.5) is 5.69 Å². The van der Waals surface area contributed by atoms with Gasteiger partial charge in [-0.25, -0.2) is 0 Å². The Morgan fingerprint density at radius 2 is 2.00 bits per heavy atom. The molecule has 1 N–H and O–H groups in total. The number of nitro groups is 1. The Morgan fingerprint density at radius 1 is 1.39 bits per heavy atom. The fourth-order valence-corrected chi connectivity index (χ4v) is 2.56. The van der Waals surface area contributed by atoms with Crippen LogP contribution in [0.2, 0.25) is 0 Å². The van der Waals surface area contributed by atoms with E-state index >= 15 is 0 Å². The Hall–Kier alpha value is -2.74. The van der Waals surface area contributed by atoms with Crippen LogP contribution in [0.1, 0.15) is 18.5 Å². The van der Waals surface area contributed by atoms with Crippen molar-refractivity contribution in [3.05, 3.63) is 51.3 Å². The number of Topliss-reactive ketones (excluding diaryl/α,β-unsaturated/α-hetero) is 1. The first-order valence-electron chi connectivity index (χ1n) is 6.86. The monoisotopic (exact) mass is 320 g/mol. The zero-order chi connectivity index (χ0) is 17.1. The zero-order valence-corrected chi connectivity index (χ0v) is 12.7. The number of amides is 1. The molecule has 0 saturated carbocycles. The average molecular weight is 320 g/mol. The number of rotatable bonds is 6. The number of hydrogen-bond donors (Lipinski definition) is 1. The highest BCUT2D eigenvalue weighted by molar-refractivity contribution is 6.08. The number of non-ortho nitro benzene ring substituents is 1. The second-order valence-corrected chi connectivity index (χ2v) is 5.06. The van der Waals surface area contributed by atoms with E-state index in [4.69, 9.17) is 4.74 Å². The third-order valence-corrected chi connectivity index (χ3v) is 3.64. The molecular weight excluding hydrogens is 304 g/mol. The predicted octanol–water partition coefficient (Wildman–Crippen LogP) is 1.53. The highest BCUT2D eigenvalue weighted by atomic mass is 16.6. The first-order chi connectivity index (χ1) is 10.9. The quantitative estimate of drug-likeness (QED) is 0.628. The van der Waals surface area contributed by atoms with E-state index in [1.807, 2.05) is 0 Å². The van der Waals surface area contributed by atoms with Crippen molar-refractivity contribution in [3.8, 4) is 0 Å². The molecule has 122 valence electrons. The van der Waals surface area contributed by atoms with Gasteiger partial charge in [-0.1, -0.05) is 0 Å². The smallest absolute Gasteiger partial charge is 0.290 e. The van der Waals surface area contributed by atoms with Gasteiger partial charge in [0, 0.05) is 25.8 Å². The van der Waals surface area contributed by atoms with Gasteiger partial charge >= 0.3 is 0 Å². The van der Waals surface area contributed by atoms with Crippen LogP contribution in [0.5, 0.6) is 0 Å². The fourth-order valence-electron chi connectivity index (χ4n) is 2.56. The number of ketones is 1. The molecule has 23 heavy (non-hydrogen) atoms. The van der Waals surface area contributed by atoms with Crippen molar-refractivity contribution in [2.75, 3.05) is 20.3 Å². The van der Waals surface area contributed by atoms with E-state index in [1.54, 1.807) is 0 Å². The Labute approximate surface area is 132 Å². The molecule has 0 unspecified atom stereocenters. The highest BCUT2D eigenvalue weighted by Gasteiger charge is 2.42. The summed E-state index contributed by atoms with van der Waals surface area (Å²) >= 11 is 0. The van der Waals surface area contributed by atoms with Crippen molar-refractivity contribution in [2.45, 2.75) is 13.0 Å². The van der Waals surface area contributed by atoms with Crippen LogP contribution in [-0.2, 0) is 14.3 Å². The molecule has 0 bridgehead atoms. The van der Waals surface area contributed by atoms with E-state index < -0.39 is 28.4 Å². The normalized spacial score (nSPS) is 17.7. The summed E-state index contributed by atoms with van der Waals surface area (Å²) in [5, 5.41) is 20.7. The van der Waals surface area contributed by atoms with E-state index in [1.165, 1.54) is 43.2 Å². The molecule has 0 radical (unpaired) electrons. The zero-order valence-electron chi connectivity index (χ0n) is 12.7. The van der Waals surface area contributed by atoms with Gasteiger partial charge in [0.25, 0.3) is 11.6 Å². The molecule has 2 rings (SSSR count). The van der Waals surface area contributed by atoms with Crippen molar-refractivity contribution >= 4 is 17.4 Å².